The number of nitrogens with zero attached hydrogens (tertiary/aromatic N) is 2. The topological polar surface area (TPSA) is 62.3 Å². The lowest BCUT2D eigenvalue weighted by Gasteiger charge is -2.22. The van der Waals surface area contributed by atoms with Gasteiger partial charge < -0.3 is 5.32 Å². The maximum absolute atomic E-state index is 14.0. The van der Waals surface area contributed by atoms with Crippen LogP contribution in [0.5, 0.6) is 0 Å². The van der Waals surface area contributed by atoms with Crippen molar-refractivity contribution in [2.75, 3.05) is 16.8 Å². The van der Waals surface area contributed by atoms with E-state index in [9.17, 15) is 14.0 Å². The number of hydrogen-bond donors (Lipinski definition) is 1. The number of rotatable bonds is 3. The van der Waals surface area contributed by atoms with E-state index in [4.69, 9.17) is 11.6 Å². The molecule has 1 aromatic heterocycles. The SMILES string of the molecule is O=C(CN1C(=O)c2cccnc2Sc2ccccc21)Nc1ccc(Cl)cc1F. The van der Waals surface area contributed by atoms with Crippen LogP contribution in [0, 0.1) is 5.82 Å². The second-order valence-electron chi connectivity index (χ2n) is 5.99. The molecule has 0 saturated heterocycles. The summed E-state index contributed by atoms with van der Waals surface area (Å²) in [5.41, 5.74) is 1.01. The van der Waals surface area contributed by atoms with Crippen molar-refractivity contribution >= 4 is 46.6 Å². The van der Waals surface area contributed by atoms with E-state index in [0.29, 0.717) is 16.3 Å². The number of aromatic nitrogens is 1. The van der Waals surface area contributed by atoms with Crippen molar-refractivity contribution in [2.45, 2.75) is 9.92 Å². The Morgan fingerprint density at radius 1 is 1.18 bits per heavy atom. The van der Waals surface area contributed by atoms with Crippen LogP contribution in [0.3, 0.4) is 0 Å². The average Bonchev–Trinajstić information content (AvgIpc) is 2.79. The van der Waals surface area contributed by atoms with Gasteiger partial charge in [-0.1, -0.05) is 35.5 Å². The first-order valence-electron chi connectivity index (χ1n) is 8.31. The number of pyridine rings is 1. The van der Waals surface area contributed by atoms with Crippen LogP contribution in [-0.4, -0.2) is 23.3 Å². The highest BCUT2D eigenvalue weighted by molar-refractivity contribution is 7.99. The summed E-state index contributed by atoms with van der Waals surface area (Å²) < 4.78 is 14.0. The van der Waals surface area contributed by atoms with Gasteiger partial charge in [0.05, 0.1) is 16.9 Å². The molecule has 2 heterocycles. The van der Waals surface area contributed by atoms with E-state index in [1.807, 2.05) is 12.1 Å². The Morgan fingerprint density at radius 3 is 2.82 bits per heavy atom. The fourth-order valence-electron chi connectivity index (χ4n) is 2.84. The summed E-state index contributed by atoms with van der Waals surface area (Å²) in [6, 6.07) is 14.6. The minimum absolute atomic E-state index is 0.00129. The van der Waals surface area contributed by atoms with E-state index >= 15 is 0 Å². The van der Waals surface area contributed by atoms with E-state index in [2.05, 4.69) is 10.3 Å². The van der Waals surface area contributed by atoms with Crippen LogP contribution in [0.4, 0.5) is 15.8 Å². The molecule has 0 spiro atoms. The number of nitrogens with one attached hydrogen (secondary N) is 1. The normalized spacial score (nSPS) is 12.8. The number of benzene rings is 2. The van der Waals surface area contributed by atoms with Gasteiger partial charge in [0, 0.05) is 16.1 Å². The van der Waals surface area contributed by atoms with Crippen LogP contribution < -0.4 is 10.2 Å². The third-order valence-electron chi connectivity index (χ3n) is 4.12. The molecule has 0 fully saturated rings. The second kappa shape index (κ2) is 7.61. The predicted molar refractivity (Wildman–Crippen MR) is 107 cm³/mol. The molecule has 5 nitrogen and oxygen atoms in total. The van der Waals surface area contributed by atoms with Crippen LogP contribution in [0.2, 0.25) is 5.02 Å². The molecule has 1 N–H and O–H groups in total. The molecule has 4 rings (SSSR count). The number of anilines is 2. The highest BCUT2D eigenvalue weighted by Crippen LogP contribution is 2.39. The summed E-state index contributed by atoms with van der Waals surface area (Å²) in [6.45, 7) is -0.271. The number of carbonyl (C=O) groups excluding carboxylic acids is 2. The Kier molecular flexibility index (Phi) is 5.02. The zero-order chi connectivity index (χ0) is 19.7. The van der Waals surface area contributed by atoms with Crippen molar-refractivity contribution in [3.63, 3.8) is 0 Å². The van der Waals surface area contributed by atoms with Crippen molar-refractivity contribution < 1.29 is 14.0 Å². The van der Waals surface area contributed by atoms with Crippen molar-refractivity contribution in [3.05, 3.63) is 77.2 Å². The van der Waals surface area contributed by atoms with Gasteiger partial charge in [-0.15, -0.1) is 0 Å². The van der Waals surface area contributed by atoms with E-state index in [1.165, 1.54) is 28.8 Å². The molecule has 1 aliphatic heterocycles. The third kappa shape index (κ3) is 3.58. The summed E-state index contributed by atoms with van der Waals surface area (Å²) >= 11 is 7.10. The number of hydrogen-bond acceptors (Lipinski definition) is 4. The minimum Gasteiger partial charge on any atom is -0.322 e. The van der Waals surface area contributed by atoms with Crippen molar-refractivity contribution in [1.82, 2.24) is 4.98 Å². The predicted octanol–water partition coefficient (Wildman–Crippen LogP) is 4.62. The lowest BCUT2D eigenvalue weighted by molar-refractivity contribution is -0.114. The molecule has 0 unspecified atom stereocenters. The highest BCUT2D eigenvalue weighted by atomic mass is 35.5. The lowest BCUT2D eigenvalue weighted by Crippen LogP contribution is -2.38. The van der Waals surface area contributed by atoms with Crippen LogP contribution in [-0.2, 0) is 4.79 Å². The van der Waals surface area contributed by atoms with Gasteiger partial charge in [0.2, 0.25) is 5.91 Å². The first-order valence-corrected chi connectivity index (χ1v) is 9.51. The van der Waals surface area contributed by atoms with Crippen molar-refractivity contribution in [3.8, 4) is 0 Å². The van der Waals surface area contributed by atoms with Crippen LogP contribution in [0.15, 0.2) is 70.7 Å². The Morgan fingerprint density at radius 2 is 2.00 bits per heavy atom. The molecule has 1 aliphatic rings. The van der Waals surface area contributed by atoms with Crippen LogP contribution >= 0.6 is 23.4 Å². The molecule has 0 radical (unpaired) electrons. The Labute approximate surface area is 169 Å². The molecule has 140 valence electrons. The molecule has 0 aliphatic carbocycles. The first-order chi connectivity index (χ1) is 13.5. The summed E-state index contributed by atoms with van der Waals surface area (Å²) in [5.74, 6) is -1.51. The van der Waals surface area contributed by atoms with Gasteiger partial charge in [-0.2, -0.15) is 0 Å². The second-order valence-corrected chi connectivity index (χ2v) is 7.46. The van der Waals surface area contributed by atoms with Gasteiger partial charge in [-0.25, -0.2) is 9.37 Å². The van der Waals surface area contributed by atoms with Gasteiger partial charge in [-0.3, -0.25) is 14.5 Å². The molecular weight excluding hydrogens is 401 g/mol. The number of carbonyl (C=O) groups is 2. The molecule has 0 atom stereocenters. The van der Waals surface area contributed by atoms with Crippen molar-refractivity contribution in [1.29, 1.82) is 0 Å². The van der Waals surface area contributed by atoms with Gasteiger partial charge in [-0.05, 0) is 42.5 Å². The number of para-hydroxylation sites is 1. The van der Waals surface area contributed by atoms with Crippen LogP contribution in [0.1, 0.15) is 10.4 Å². The highest BCUT2D eigenvalue weighted by Gasteiger charge is 2.29. The maximum Gasteiger partial charge on any atom is 0.261 e. The maximum atomic E-state index is 14.0. The average molecular weight is 414 g/mol. The summed E-state index contributed by atoms with van der Waals surface area (Å²) in [6.07, 6.45) is 1.62. The fraction of sp³-hybridized carbons (Fsp3) is 0.0500. The number of halogens is 2. The standard InChI is InChI=1S/C20H13ClFN3O2S/c21-12-7-8-15(14(22)10-12)24-18(26)11-25-16-5-1-2-6-17(16)28-19-13(20(25)27)4-3-9-23-19/h1-10H,11H2,(H,24,26). The molecule has 8 heteroatoms. The number of fused-ring (bicyclic) bond motifs is 2. The van der Waals surface area contributed by atoms with Gasteiger partial charge in [0.1, 0.15) is 17.4 Å². The van der Waals surface area contributed by atoms with Gasteiger partial charge >= 0.3 is 0 Å². The Hall–Kier alpha value is -2.90. The first kappa shape index (κ1) is 18.5. The number of amides is 2. The minimum atomic E-state index is -0.645. The lowest BCUT2D eigenvalue weighted by atomic mass is 10.2. The van der Waals surface area contributed by atoms with Crippen LogP contribution in [0.25, 0.3) is 0 Å². The summed E-state index contributed by atoms with van der Waals surface area (Å²) in [4.78, 5) is 32.1. The van der Waals surface area contributed by atoms with Gasteiger partial charge in [0.15, 0.2) is 0 Å². The smallest absolute Gasteiger partial charge is 0.261 e. The Bertz CT molecular complexity index is 1090. The molecule has 2 aromatic carbocycles. The van der Waals surface area contributed by atoms with E-state index < -0.39 is 11.7 Å². The molecule has 2 amide bonds. The molecule has 0 bridgehead atoms. The molecule has 3 aromatic rings. The molecule has 0 saturated carbocycles. The zero-order valence-corrected chi connectivity index (χ0v) is 15.9. The van der Waals surface area contributed by atoms with E-state index in [0.717, 1.165) is 11.0 Å². The fourth-order valence-corrected chi connectivity index (χ4v) is 4.02. The molecular formula is C20H13ClFN3O2S. The van der Waals surface area contributed by atoms with E-state index in [1.54, 1.807) is 30.5 Å². The zero-order valence-electron chi connectivity index (χ0n) is 14.4. The quantitative estimate of drug-likeness (QED) is 0.680. The van der Waals surface area contributed by atoms with Crippen molar-refractivity contribution in [2.24, 2.45) is 0 Å². The monoisotopic (exact) mass is 413 g/mol. The third-order valence-corrected chi connectivity index (χ3v) is 5.44. The summed E-state index contributed by atoms with van der Waals surface area (Å²) in [5, 5.41) is 3.30. The van der Waals surface area contributed by atoms with Gasteiger partial charge in [0.25, 0.3) is 5.91 Å². The largest absolute Gasteiger partial charge is 0.322 e. The Balaban J connectivity index is 1.66. The van der Waals surface area contributed by atoms with E-state index in [-0.39, 0.29) is 23.2 Å². The molecule has 28 heavy (non-hydrogen) atoms. The summed E-state index contributed by atoms with van der Waals surface area (Å²) in [7, 11) is 0.